The van der Waals surface area contributed by atoms with Gasteiger partial charge in [-0.1, -0.05) is 0 Å². The van der Waals surface area contributed by atoms with Gasteiger partial charge in [-0.15, -0.1) is 0 Å². The number of hydrogen-bond acceptors (Lipinski definition) is 0. The van der Waals surface area contributed by atoms with E-state index in [0.29, 0.717) is 0 Å². The fraction of sp³-hybridized carbons (Fsp3) is 1.00. The van der Waals surface area contributed by atoms with Crippen LogP contribution in [0.25, 0.3) is 0 Å². The zero-order valence-electron chi connectivity index (χ0n) is 9.89. The molecule has 0 amide bonds. The van der Waals surface area contributed by atoms with Crippen LogP contribution < -0.4 is 0 Å². The summed E-state index contributed by atoms with van der Waals surface area (Å²) < 4.78 is 0. The van der Waals surface area contributed by atoms with Gasteiger partial charge in [0.05, 0.1) is 23.1 Å². The molecule has 0 aliphatic rings. The number of rotatable bonds is 4. The van der Waals surface area contributed by atoms with Crippen LogP contribution in [0.15, 0.2) is 0 Å². The maximum absolute atomic E-state index is 2.41. The third kappa shape index (κ3) is 2.02. The molecule has 0 saturated carbocycles. The van der Waals surface area contributed by atoms with Crippen LogP contribution in [0.5, 0.6) is 0 Å². The van der Waals surface area contributed by atoms with Gasteiger partial charge >= 0.3 is 0 Å². The van der Waals surface area contributed by atoms with Crippen molar-refractivity contribution in [3.8, 4) is 0 Å². The highest BCUT2D eigenvalue weighted by Gasteiger charge is 2.45. The summed E-state index contributed by atoms with van der Waals surface area (Å²) in [6.45, 7) is 16.9. The summed E-state index contributed by atoms with van der Waals surface area (Å²) >= 11 is 0. The molecule has 0 atom stereocenters. The SMILES string of the molecule is CC[P+](C(C)C)(C(C)C)C(C)C. The standard InChI is InChI=1S/C11H26P/c1-8-12(9(2)3,10(4)5)11(6)7/h9-11H,8H2,1-7H3/q+1. The molecule has 0 spiro atoms. The number of hydrogen-bond donors (Lipinski definition) is 0. The van der Waals surface area contributed by atoms with Crippen molar-refractivity contribution in [3.63, 3.8) is 0 Å². The summed E-state index contributed by atoms with van der Waals surface area (Å²) in [5.74, 6) is 0. The lowest BCUT2D eigenvalue weighted by atomic mass is 10.5. The van der Waals surface area contributed by atoms with E-state index < -0.39 is 7.26 Å². The Morgan fingerprint density at radius 3 is 1.00 bits per heavy atom. The van der Waals surface area contributed by atoms with Gasteiger partial charge in [0.15, 0.2) is 0 Å². The van der Waals surface area contributed by atoms with Crippen molar-refractivity contribution >= 4 is 7.26 Å². The molecule has 0 bridgehead atoms. The van der Waals surface area contributed by atoms with E-state index in [1.165, 1.54) is 6.16 Å². The van der Waals surface area contributed by atoms with Crippen LogP contribution >= 0.6 is 7.26 Å². The van der Waals surface area contributed by atoms with E-state index >= 15 is 0 Å². The van der Waals surface area contributed by atoms with Crippen molar-refractivity contribution in [1.82, 2.24) is 0 Å². The first-order valence-corrected chi connectivity index (χ1v) is 7.44. The first-order valence-electron chi connectivity index (χ1n) is 5.26. The fourth-order valence-corrected chi connectivity index (χ4v) is 8.65. The highest BCUT2D eigenvalue weighted by atomic mass is 31.2. The van der Waals surface area contributed by atoms with E-state index in [1.54, 1.807) is 0 Å². The van der Waals surface area contributed by atoms with Gasteiger partial charge in [-0.25, -0.2) is 0 Å². The summed E-state index contributed by atoms with van der Waals surface area (Å²) in [7, 11) is -0.693. The molecule has 0 aromatic heterocycles. The molecule has 0 rings (SSSR count). The predicted octanol–water partition coefficient (Wildman–Crippen LogP) is 4.25. The summed E-state index contributed by atoms with van der Waals surface area (Å²) in [6, 6.07) is 0. The lowest BCUT2D eigenvalue weighted by Crippen LogP contribution is -2.24. The van der Waals surface area contributed by atoms with Gasteiger partial charge < -0.3 is 0 Å². The van der Waals surface area contributed by atoms with Crippen LogP contribution in [-0.4, -0.2) is 23.1 Å². The monoisotopic (exact) mass is 189 g/mol. The van der Waals surface area contributed by atoms with Crippen molar-refractivity contribution in [2.75, 3.05) is 6.16 Å². The van der Waals surface area contributed by atoms with E-state index in [-0.39, 0.29) is 0 Å². The predicted molar refractivity (Wildman–Crippen MR) is 62.9 cm³/mol. The van der Waals surface area contributed by atoms with E-state index in [2.05, 4.69) is 48.5 Å². The minimum Gasteiger partial charge on any atom is -0.0311 e. The average molecular weight is 189 g/mol. The van der Waals surface area contributed by atoms with E-state index in [0.717, 1.165) is 17.0 Å². The fourth-order valence-electron chi connectivity index (χ4n) is 2.88. The van der Waals surface area contributed by atoms with Gasteiger partial charge in [0.1, 0.15) is 0 Å². The Hall–Kier alpha value is 0.430. The highest BCUT2D eigenvalue weighted by Crippen LogP contribution is 2.69. The molecule has 1 heteroatoms. The molecule has 0 N–H and O–H groups in total. The molecule has 0 radical (unpaired) electrons. The first-order chi connectivity index (χ1) is 5.39. The molecule has 0 heterocycles. The average Bonchev–Trinajstić information content (AvgIpc) is 1.86. The molecule has 0 aliphatic carbocycles. The minimum absolute atomic E-state index is 0.693. The van der Waals surface area contributed by atoms with Gasteiger partial charge in [0.2, 0.25) is 0 Å². The normalized spacial score (nSPS) is 13.5. The first kappa shape index (κ1) is 12.4. The molecule has 12 heavy (non-hydrogen) atoms. The second-order valence-electron chi connectivity index (χ2n) is 4.59. The molecular weight excluding hydrogens is 163 g/mol. The smallest absolute Gasteiger partial charge is 0.0311 e. The largest absolute Gasteiger partial charge is 0.0646 e. The Balaban J connectivity index is 4.77. The molecule has 0 aromatic rings. The Kier molecular flexibility index (Phi) is 4.77. The van der Waals surface area contributed by atoms with Crippen molar-refractivity contribution in [2.45, 2.75) is 65.4 Å². The zero-order chi connectivity index (χ0) is 9.94. The quantitative estimate of drug-likeness (QED) is 0.580. The van der Waals surface area contributed by atoms with Crippen LogP contribution in [-0.2, 0) is 0 Å². The maximum Gasteiger partial charge on any atom is 0.0646 e. The molecule has 0 aliphatic heterocycles. The lowest BCUT2D eigenvalue weighted by molar-refractivity contribution is 0.905. The molecule has 0 unspecified atom stereocenters. The van der Waals surface area contributed by atoms with Crippen LogP contribution in [0, 0.1) is 0 Å². The van der Waals surface area contributed by atoms with Gasteiger partial charge in [0.25, 0.3) is 0 Å². The third-order valence-electron chi connectivity index (χ3n) is 3.43. The van der Waals surface area contributed by atoms with Gasteiger partial charge in [-0.3, -0.25) is 0 Å². The summed E-state index contributed by atoms with van der Waals surface area (Å²) in [6.07, 6.45) is 1.42. The van der Waals surface area contributed by atoms with Crippen LogP contribution in [0.3, 0.4) is 0 Å². The Morgan fingerprint density at radius 1 is 0.750 bits per heavy atom. The molecule has 0 saturated heterocycles. The highest BCUT2D eigenvalue weighted by molar-refractivity contribution is 7.77. The molecule has 0 nitrogen and oxygen atoms in total. The summed E-state index contributed by atoms with van der Waals surface area (Å²) in [5.41, 5.74) is 2.72. The van der Waals surface area contributed by atoms with E-state index in [9.17, 15) is 0 Å². The van der Waals surface area contributed by atoms with Crippen molar-refractivity contribution in [3.05, 3.63) is 0 Å². The van der Waals surface area contributed by atoms with Gasteiger partial charge in [-0.05, 0) is 48.5 Å². The molecule has 74 valence electrons. The van der Waals surface area contributed by atoms with Crippen molar-refractivity contribution < 1.29 is 0 Å². The van der Waals surface area contributed by atoms with E-state index in [1.807, 2.05) is 0 Å². The topological polar surface area (TPSA) is 0 Å². The van der Waals surface area contributed by atoms with Crippen LogP contribution in [0.1, 0.15) is 48.5 Å². The Morgan fingerprint density at radius 2 is 1.00 bits per heavy atom. The lowest BCUT2D eigenvalue weighted by Gasteiger charge is -2.37. The Labute approximate surface area is 79.5 Å². The summed E-state index contributed by atoms with van der Waals surface area (Å²) in [5, 5.41) is 0. The van der Waals surface area contributed by atoms with Crippen LogP contribution in [0.4, 0.5) is 0 Å². The minimum atomic E-state index is -0.693. The van der Waals surface area contributed by atoms with Crippen LogP contribution in [0.2, 0.25) is 0 Å². The molecular formula is C11H26P+. The molecule has 0 aromatic carbocycles. The third-order valence-corrected chi connectivity index (χ3v) is 10.3. The molecule has 0 fully saturated rings. The van der Waals surface area contributed by atoms with Gasteiger partial charge in [0, 0.05) is 7.26 Å². The second kappa shape index (κ2) is 4.61. The maximum atomic E-state index is 2.41. The van der Waals surface area contributed by atoms with Crippen molar-refractivity contribution in [2.24, 2.45) is 0 Å². The second-order valence-corrected chi connectivity index (χ2v) is 10.3. The Bertz CT molecular complexity index is 103. The van der Waals surface area contributed by atoms with Gasteiger partial charge in [-0.2, -0.15) is 0 Å². The zero-order valence-corrected chi connectivity index (χ0v) is 10.8. The summed E-state index contributed by atoms with van der Waals surface area (Å²) in [4.78, 5) is 0. The van der Waals surface area contributed by atoms with Crippen molar-refractivity contribution in [1.29, 1.82) is 0 Å². The van der Waals surface area contributed by atoms with E-state index in [4.69, 9.17) is 0 Å².